The van der Waals surface area contributed by atoms with Crippen LogP contribution < -0.4 is 10.2 Å². The van der Waals surface area contributed by atoms with Gasteiger partial charge in [0, 0.05) is 23.7 Å². The summed E-state index contributed by atoms with van der Waals surface area (Å²) in [6, 6.07) is 17.0. The maximum absolute atomic E-state index is 12.6. The fourth-order valence-corrected chi connectivity index (χ4v) is 4.41. The van der Waals surface area contributed by atoms with Crippen LogP contribution in [0.4, 0.5) is 5.69 Å². The molecule has 28 heavy (non-hydrogen) atoms. The first-order valence-corrected chi connectivity index (χ1v) is 11.2. The Morgan fingerprint density at radius 3 is 2.25 bits per heavy atom. The molecule has 3 rings (SSSR count). The van der Waals surface area contributed by atoms with E-state index in [0.29, 0.717) is 0 Å². The number of anilines is 1. The second kappa shape index (κ2) is 9.51. The average molecular weight is 397 g/mol. The molecule has 2 aromatic carbocycles. The van der Waals surface area contributed by atoms with Gasteiger partial charge < -0.3 is 10.2 Å². The van der Waals surface area contributed by atoms with E-state index in [1.165, 1.54) is 24.1 Å². The summed E-state index contributed by atoms with van der Waals surface area (Å²) in [6.45, 7) is 10.7. The predicted octanol–water partition coefficient (Wildman–Crippen LogP) is 5.59. The number of thioether (sulfide) groups is 1. The van der Waals surface area contributed by atoms with Crippen molar-refractivity contribution in [1.29, 1.82) is 0 Å². The molecule has 0 saturated carbocycles. The molecule has 0 spiro atoms. The molecule has 0 aliphatic carbocycles. The molecule has 2 unspecified atom stereocenters. The third-order valence-electron chi connectivity index (χ3n) is 5.60. The Morgan fingerprint density at radius 1 is 1.04 bits per heavy atom. The van der Waals surface area contributed by atoms with Crippen molar-refractivity contribution in [2.45, 2.75) is 56.7 Å². The van der Waals surface area contributed by atoms with Crippen molar-refractivity contribution in [2.75, 3.05) is 18.0 Å². The molecule has 4 heteroatoms. The van der Waals surface area contributed by atoms with Crippen LogP contribution in [0.3, 0.4) is 0 Å². The standard InChI is InChI=1S/C24H32N2OS/c1-17-5-11-23(12-6-17)28-20(4)24(27)25-19(3)21-7-9-22(10-8-21)26-15-13-18(2)14-16-26/h5-12,18-20H,13-16H2,1-4H3,(H,25,27). The number of hydrogen-bond acceptors (Lipinski definition) is 3. The molecule has 0 bridgehead atoms. The first-order chi connectivity index (χ1) is 13.4. The lowest BCUT2D eigenvalue weighted by Gasteiger charge is -2.32. The van der Waals surface area contributed by atoms with E-state index in [0.717, 1.165) is 29.5 Å². The molecule has 1 fully saturated rings. The average Bonchev–Trinajstić information content (AvgIpc) is 2.70. The highest BCUT2D eigenvalue weighted by Crippen LogP contribution is 2.26. The number of amides is 1. The second-order valence-corrected chi connectivity index (χ2v) is 9.48. The predicted molar refractivity (Wildman–Crippen MR) is 120 cm³/mol. The Bertz CT molecular complexity index is 764. The topological polar surface area (TPSA) is 32.3 Å². The van der Waals surface area contributed by atoms with Crippen molar-refractivity contribution in [3.63, 3.8) is 0 Å². The summed E-state index contributed by atoms with van der Waals surface area (Å²) in [7, 11) is 0. The van der Waals surface area contributed by atoms with E-state index in [1.54, 1.807) is 11.8 Å². The minimum atomic E-state index is -0.125. The van der Waals surface area contributed by atoms with Gasteiger partial charge in [-0.3, -0.25) is 4.79 Å². The van der Waals surface area contributed by atoms with E-state index in [-0.39, 0.29) is 17.2 Å². The molecule has 1 amide bonds. The van der Waals surface area contributed by atoms with Crippen LogP contribution in [-0.4, -0.2) is 24.2 Å². The molecule has 0 radical (unpaired) electrons. The monoisotopic (exact) mass is 396 g/mol. The highest BCUT2D eigenvalue weighted by atomic mass is 32.2. The third kappa shape index (κ3) is 5.54. The van der Waals surface area contributed by atoms with Crippen LogP contribution in [0.1, 0.15) is 50.8 Å². The number of aryl methyl sites for hydroxylation is 1. The summed E-state index contributed by atoms with van der Waals surface area (Å²) in [6.07, 6.45) is 2.54. The van der Waals surface area contributed by atoms with Crippen LogP contribution in [0.5, 0.6) is 0 Å². The SMILES string of the molecule is Cc1ccc(SC(C)C(=O)NC(C)c2ccc(N3CCC(C)CC3)cc2)cc1. The van der Waals surface area contributed by atoms with Gasteiger partial charge in [-0.1, -0.05) is 36.8 Å². The van der Waals surface area contributed by atoms with Gasteiger partial charge in [-0.2, -0.15) is 0 Å². The van der Waals surface area contributed by atoms with Crippen LogP contribution in [0.2, 0.25) is 0 Å². The summed E-state index contributed by atoms with van der Waals surface area (Å²) in [5, 5.41) is 3.03. The number of benzene rings is 2. The molecule has 1 saturated heterocycles. The van der Waals surface area contributed by atoms with E-state index in [2.05, 4.69) is 79.5 Å². The van der Waals surface area contributed by atoms with Crippen LogP contribution in [0, 0.1) is 12.8 Å². The Morgan fingerprint density at radius 2 is 1.64 bits per heavy atom. The summed E-state index contributed by atoms with van der Waals surface area (Å²) in [4.78, 5) is 16.2. The van der Waals surface area contributed by atoms with Gasteiger partial charge in [0.1, 0.15) is 0 Å². The van der Waals surface area contributed by atoms with Crippen molar-refractivity contribution in [2.24, 2.45) is 5.92 Å². The quantitative estimate of drug-likeness (QED) is 0.646. The number of rotatable bonds is 6. The highest BCUT2D eigenvalue weighted by molar-refractivity contribution is 8.00. The summed E-state index contributed by atoms with van der Waals surface area (Å²) < 4.78 is 0. The Kier molecular flexibility index (Phi) is 7.06. The largest absolute Gasteiger partial charge is 0.372 e. The molecule has 2 atom stereocenters. The molecule has 1 aliphatic heterocycles. The molecule has 0 aromatic heterocycles. The van der Waals surface area contributed by atoms with Crippen molar-refractivity contribution >= 4 is 23.4 Å². The lowest BCUT2D eigenvalue weighted by Crippen LogP contribution is -2.33. The van der Waals surface area contributed by atoms with Gasteiger partial charge in [0.25, 0.3) is 0 Å². The number of piperidine rings is 1. The van der Waals surface area contributed by atoms with Gasteiger partial charge in [-0.25, -0.2) is 0 Å². The number of nitrogens with zero attached hydrogens (tertiary/aromatic N) is 1. The minimum absolute atomic E-state index is 0.00370. The van der Waals surface area contributed by atoms with Gasteiger partial charge >= 0.3 is 0 Å². The molecule has 3 nitrogen and oxygen atoms in total. The van der Waals surface area contributed by atoms with Crippen molar-refractivity contribution < 1.29 is 4.79 Å². The summed E-state index contributed by atoms with van der Waals surface area (Å²) in [5.41, 5.74) is 3.67. The molecule has 150 valence electrons. The molecule has 1 N–H and O–H groups in total. The van der Waals surface area contributed by atoms with Gasteiger partial charge in [0.05, 0.1) is 11.3 Å². The maximum Gasteiger partial charge on any atom is 0.233 e. The van der Waals surface area contributed by atoms with E-state index >= 15 is 0 Å². The number of hydrogen-bond donors (Lipinski definition) is 1. The first kappa shape index (κ1) is 20.8. The fraction of sp³-hybridized carbons (Fsp3) is 0.458. The number of carbonyl (C=O) groups is 1. The number of carbonyl (C=O) groups excluding carboxylic acids is 1. The fourth-order valence-electron chi connectivity index (χ4n) is 3.53. The van der Waals surface area contributed by atoms with Gasteiger partial charge in [-0.15, -0.1) is 11.8 Å². The van der Waals surface area contributed by atoms with Crippen LogP contribution >= 0.6 is 11.8 Å². The van der Waals surface area contributed by atoms with Crippen LogP contribution in [0.15, 0.2) is 53.4 Å². The molecular formula is C24H32N2OS. The Balaban J connectivity index is 1.53. The Hall–Kier alpha value is -1.94. The third-order valence-corrected chi connectivity index (χ3v) is 6.72. The lowest BCUT2D eigenvalue weighted by molar-refractivity contribution is -0.120. The van der Waals surface area contributed by atoms with E-state index in [1.807, 2.05) is 6.92 Å². The zero-order valence-corrected chi connectivity index (χ0v) is 18.3. The van der Waals surface area contributed by atoms with E-state index < -0.39 is 0 Å². The molecule has 1 heterocycles. The maximum atomic E-state index is 12.6. The summed E-state index contributed by atoms with van der Waals surface area (Å²) in [5.74, 6) is 0.915. The lowest BCUT2D eigenvalue weighted by atomic mass is 9.98. The van der Waals surface area contributed by atoms with Crippen LogP contribution in [-0.2, 0) is 4.79 Å². The van der Waals surface area contributed by atoms with Gasteiger partial charge in [-0.05, 0) is 69.4 Å². The smallest absolute Gasteiger partial charge is 0.233 e. The zero-order valence-electron chi connectivity index (χ0n) is 17.4. The zero-order chi connectivity index (χ0) is 20.1. The molecule has 2 aromatic rings. The van der Waals surface area contributed by atoms with E-state index in [9.17, 15) is 4.79 Å². The van der Waals surface area contributed by atoms with Crippen molar-refractivity contribution in [3.8, 4) is 0 Å². The molecule has 1 aliphatic rings. The summed E-state index contributed by atoms with van der Waals surface area (Å²) >= 11 is 1.60. The normalized spacial score (nSPS) is 17.2. The van der Waals surface area contributed by atoms with Crippen LogP contribution in [0.25, 0.3) is 0 Å². The minimum Gasteiger partial charge on any atom is -0.372 e. The van der Waals surface area contributed by atoms with Gasteiger partial charge in [0.15, 0.2) is 0 Å². The number of nitrogens with one attached hydrogen (secondary N) is 1. The first-order valence-electron chi connectivity index (χ1n) is 10.3. The van der Waals surface area contributed by atoms with E-state index in [4.69, 9.17) is 0 Å². The van der Waals surface area contributed by atoms with Gasteiger partial charge in [0.2, 0.25) is 5.91 Å². The molecular weight excluding hydrogens is 364 g/mol. The van der Waals surface area contributed by atoms with Crippen molar-refractivity contribution in [3.05, 3.63) is 59.7 Å². The second-order valence-electron chi connectivity index (χ2n) is 8.06. The van der Waals surface area contributed by atoms with Crippen molar-refractivity contribution in [1.82, 2.24) is 5.32 Å². The highest BCUT2D eigenvalue weighted by Gasteiger charge is 2.19. The Labute approximate surface area is 173 Å².